The highest BCUT2D eigenvalue weighted by Crippen LogP contribution is 2.44. The monoisotopic (exact) mass is 381 g/mol. The average Bonchev–Trinajstić information content (AvgIpc) is 3.44. The first-order valence-electron chi connectivity index (χ1n) is 9.72. The molecule has 0 radical (unpaired) electrons. The van der Waals surface area contributed by atoms with E-state index in [4.69, 9.17) is 9.47 Å². The lowest BCUT2D eigenvalue weighted by Gasteiger charge is -2.37. The van der Waals surface area contributed by atoms with Crippen molar-refractivity contribution in [2.45, 2.75) is 44.9 Å². The molecule has 148 valence electrons. The lowest BCUT2D eigenvalue weighted by molar-refractivity contribution is -0.0224. The second kappa shape index (κ2) is 6.82. The van der Waals surface area contributed by atoms with Gasteiger partial charge < -0.3 is 19.5 Å². The van der Waals surface area contributed by atoms with Crippen molar-refractivity contribution in [2.75, 3.05) is 14.2 Å². The molecule has 1 N–H and O–H groups in total. The summed E-state index contributed by atoms with van der Waals surface area (Å²) in [6, 6.07) is 11.5. The number of methoxy groups -OCH3 is 2. The summed E-state index contributed by atoms with van der Waals surface area (Å²) in [7, 11) is 3.21. The summed E-state index contributed by atoms with van der Waals surface area (Å²) in [5.74, 6) is 1.66. The van der Waals surface area contributed by atoms with Gasteiger partial charge in [0.2, 0.25) is 0 Å². The smallest absolute Gasteiger partial charge is 0.255 e. The average molecular weight is 381 g/mol. The molecule has 2 aromatic carbocycles. The quantitative estimate of drug-likeness (QED) is 0.825. The largest absolute Gasteiger partial charge is 0.493 e. The molecule has 2 aromatic rings. The van der Waals surface area contributed by atoms with Gasteiger partial charge in [-0.1, -0.05) is 24.3 Å². The fourth-order valence-electron chi connectivity index (χ4n) is 4.48. The third-order valence-corrected chi connectivity index (χ3v) is 5.79. The number of aliphatic hydroxyl groups is 1. The maximum Gasteiger partial charge on any atom is 0.255 e. The molecule has 5 nitrogen and oxygen atoms in total. The zero-order valence-corrected chi connectivity index (χ0v) is 16.9. The summed E-state index contributed by atoms with van der Waals surface area (Å²) in [6.07, 6.45) is 2.13. The Morgan fingerprint density at radius 3 is 2.43 bits per heavy atom. The highest BCUT2D eigenvalue weighted by molar-refractivity contribution is 6.05. The van der Waals surface area contributed by atoms with Gasteiger partial charge in [0.1, 0.15) is 0 Å². The molecule has 0 saturated heterocycles. The predicted molar refractivity (Wildman–Crippen MR) is 108 cm³/mol. The highest BCUT2D eigenvalue weighted by Gasteiger charge is 2.48. The van der Waals surface area contributed by atoms with E-state index in [9.17, 15) is 9.90 Å². The van der Waals surface area contributed by atoms with Crippen LogP contribution in [0.3, 0.4) is 0 Å². The first-order valence-corrected chi connectivity index (χ1v) is 9.72. The van der Waals surface area contributed by atoms with E-state index in [1.165, 1.54) is 0 Å². The van der Waals surface area contributed by atoms with Crippen molar-refractivity contribution in [1.29, 1.82) is 0 Å². The molecule has 28 heavy (non-hydrogen) atoms. The Balaban J connectivity index is 1.75. The van der Waals surface area contributed by atoms with Crippen LogP contribution >= 0.6 is 0 Å². The Morgan fingerprint density at radius 1 is 1.11 bits per heavy atom. The van der Waals surface area contributed by atoms with E-state index in [2.05, 4.69) is 0 Å². The molecule has 0 unspecified atom stereocenters. The summed E-state index contributed by atoms with van der Waals surface area (Å²) in [5.41, 5.74) is 2.60. The van der Waals surface area contributed by atoms with Crippen LogP contribution in [0, 0.1) is 5.92 Å². The minimum Gasteiger partial charge on any atom is -0.493 e. The van der Waals surface area contributed by atoms with E-state index in [-0.39, 0.29) is 11.9 Å². The number of carbonyl (C=O) groups is 1. The number of nitrogens with zero attached hydrogens (tertiary/aromatic N) is 1. The van der Waals surface area contributed by atoms with Gasteiger partial charge in [0.15, 0.2) is 11.5 Å². The number of hydrogen-bond acceptors (Lipinski definition) is 4. The number of carbonyl (C=O) groups excluding carboxylic acids is 1. The SMILES string of the molecule is COc1ccc(-c2cccc3c2C(=O)N([C@@H](C2CC2)C(C)(C)O)C3)cc1OC. The van der Waals surface area contributed by atoms with Gasteiger partial charge in [-0.3, -0.25) is 4.79 Å². The molecule has 0 aromatic heterocycles. The molecule has 1 heterocycles. The number of benzene rings is 2. The summed E-state index contributed by atoms with van der Waals surface area (Å²) in [4.78, 5) is 15.3. The molecular weight excluding hydrogens is 354 g/mol. The van der Waals surface area contributed by atoms with Gasteiger partial charge in [-0.2, -0.15) is 0 Å². The summed E-state index contributed by atoms with van der Waals surface area (Å²) >= 11 is 0. The van der Waals surface area contributed by atoms with Gasteiger partial charge in [-0.15, -0.1) is 0 Å². The van der Waals surface area contributed by atoms with Crippen molar-refractivity contribution < 1.29 is 19.4 Å². The van der Waals surface area contributed by atoms with Crippen LogP contribution in [-0.2, 0) is 6.54 Å². The van der Waals surface area contributed by atoms with E-state index < -0.39 is 5.60 Å². The highest BCUT2D eigenvalue weighted by atomic mass is 16.5. The third-order valence-electron chi connectivity index (χ3n) is 5.79. The van der Waals surface area contributed by atoms with Gasteiger partial charge in [-0.05, 0) is 61.4 Å². The molecule has 0 spiro atoms. The maximum absolute atomic E-state index is 13.4. The summed E-state index contributed by atoms with van der Waals surface area (Å²) in [6.45, 7) is 4.16. The lowest BCUT2D eigenvalue weighted by Crippen LogP contribution is -2.51. The Morgan fingerprint density at radius 2 is 1.82 bits per heavy atom. The minimum atomic E-state index is -0.928. The molecule has 5 heteroatoms. The Labute approximate surface area is 165 Å². The molecule has 0 bridgehead atoms. The lowest BCUT2D eigenvalue weighted by atomic mass is 9.92. The van der Waals surface area contributed by atoms with Crippen LogP contribution in [0.2, 0.25) is 0 Å². The molecule has 1 atom stereocenters. The summed E-state index contributed by atoms with van der Waals surface area (Å²) in [5, 5.41) is 10.7. The fourth-order valence-corrected chi connectivity index (χ4v) is 4.48. The van der Waals surface area contributed by atoms with Crippen LogP contribution in [0.15, 0.2) is 36.4 Å². The van der Waals surface area contributed by atoms with Crippen LogP contribution in [0.5, 0.6) is 11.5 Å². The van der Waals surface area contributed by atoms with E-state index >= 15 is 0 Å². The Bertz CT molecular complexity index is 911. The van der Waals surface area contributed by atoms with Crippen molar-refractivity contribution in [3.8, 4) is 22.6 Å². The van der Waals surface area contributed by atoms with Gasteiger partial charge in [0.25, 0.3) is 5.91 Å². The maximum atomic E-state index is 13.4. The van der Waals surface area contributed by atoms with Gasteiger partial charge in [-0.25, -0.2) is 0 Å². The van der Waals surface area contributed by atoms with Crippen LogP contribution < -0.4 is 9.47 Å². The van der Waals surface area contributed by atoms with E-state index in [1.807, 2.05) is 55.1 Å². The van der Waals surface area contributed by atoms with Crippen molar-refractivity contribution in [3.05, 3.63) is 47.5 Å². The van der Waals surface area contributed by atoms with E-state index in [0.717, 1.165) is 35.1 Å². The first-order chi connectivity index (χ1) is 13.3. The van der Waals surface area contributed by atoms with Gasteiger partial charge in [0.05, 0.1) is 31.4 Å². The summed E-state index contributed by atoms with van der Waals surface area (Å²) < 4.78 is 10.8. The molecule has 4 rings (SSSR count). The fraction of sp³-hybridized carbons (Fsp3) is 0.435. The molecule has 1 fully saturated rings. The second-order valence-electron chi connectivity index (χ2n) is 8.28. The number of amides is 1. The normalized spacial score (nSPS) is 17.5. The zero-order valence-electron chi connectivity index (χ0n) is 16.9. The van der Waals surface area contributed by atoms with Crippen molar-refractivity contribution in [3.63, 3.8) is 0 Å². The molecule has 1 aliphatic carbocycles. The van der Waals surface area contributed by atoms with Crippen LogP contribution in [0.25, 0.3) is 11.1 Å². The van der Waals surface area contributed by atoms with Gasteiger partial charge in [0, 0.05) is 6.54 Å². The number of hydrogen-bond donors (Lipinski definition) is 1. The van der Waals surface area contributed by atoms with Gasteiger partial charge >= 0.3 is 0 Å². The van der Waals surface area contributed by atoms with Crippen LogP contribution in [0.1, 0.15) is 42.6 Å². The van der Waals surface area contributed by atoms with Crippen molar-refractivity contribution in [2.24, 2.45) is 5.92 Å². The second-order valence-corrected chi connectivity index (χ2v) is 8.28. The van der Waals surface area contributed by atoms with E-state index in [0.29, 0.717) is 24.0 Å². The number of fused-ring (bicyclic) bond motifs is 1. The Hall–Kier alpha value is -2.53. The topological polar surface area (TPSA) is 59.0 Å². The predicted octanol–water partition coefficient (Wildman–Crippen LogP) is 3.88. The van der Waals surface area contributed by atoms with E-state index in [1.54, 1.807) is 14.2 Å². The van der Waals surface area contributed by atoms with Crippen LogP contribution in [0.4, 0.5) is 0 Å². The van der Waals surface area contributed by atoms with Crippen molar-refractivity contribution in [1.82, 2.24) is 4.90 Å². The number of rotatable bonds is 6. The third kappa shape index (κ3) is 3.14. The first kappa shape index (κ1) is 18.8. The van der Waals surface area contributed by atoms with Crippen molar-refractivity contribution >= 4 is 5.91 Å². The molecule has 1 aliphatic heterocycles. The van der Waals surface area contributed by atoms with Crippen LogP contribution in [-0.4, -0.2) is 41.8 Å². The minimum absolute atomic E-state index is 0.000546. The molecular formula is C23H27NO4. The zero-order chi connectivity index (χ0) is 20.1. The Kier molecular flexibility index (Phi) is 4.58. The standard InChI is InChI=1S/C23H27NO4/c1-23(2,26)21(14-8-9-14)24-13-16-6-5-7-17(20(16)22(24)25)15-10-11-18(27-3)19(12-15)28-4/h5-7,10-12,14,21,26H,8-9,13H2,1-4H3/t21-/m0/s1. The number of ether oxygens (including phenoxy) is 2. The molecule has 1 saturated carbocycles. The molecule has 2 aliphatic rings. The molecule has 1 amide bonds.